The van der Waals surface area contributed by atoms with Gasteiger partial charge >= 0.3 is 0 Å². The van der Waals surface area contributed by atoms with E-state index in [1.165, 1.54) is 5.56 Å². The summed E-state index contributed by atoms with van der Waals surface area (Å²) in [5.41, 5.74) is 2.50. The summed E-state index contributed by atoms with van der Waals surface area (Å²) in [6, 6.07) is 8.61. The molecule has 1 aromatic carbocycles. The van der Waals surface area contributed by atoms with E-state index in [2.05, 4.69) is 60.2 Å². The van der Waals surface area contributed by atoms with E-state index in [4.69, 9.17) is 0 Å². The molecule has 1 aliphatic rings. The summed E-state index contributed by atoms with van der Waals surface area (Å²) in [6.07, 6.45) is 0. The molecule has 96 valence electrons. The van der Waals surface area contributed by atoms with Crippen LogP contribution >= 0.6 is 0 Å². The summed E-state index contributed by atoms with van der Waals surface area (Å²) in [4.78, 5) is 2.39. The van der Waals surface area contributed by atoms with Gasteiger partial charge in [-0.2, -0.15) is 0 Å². The lowest BCUT2D eigenvalue weighted by Crippen LogP contribution is -2.43. The van der Waals surface area contributed by atoms with Gasteiger partial charge in [0.25, 0.3) is 0 Å². The van der Waals surface area contributed by atoms with Gasteiger partial charge in [0, 0.05) is 31.7 Å². The first-order valence-corrected chi connectivity index (χ1v) is 6.77. The molecule has 1 heterocycles. The average molecular weight is 242 g/mol. The molecular weight excluding hydrogens is 220 g/mol. The zero-order valence-corrected chi connectivity index (χ0v) is 11.4. The Hall–Kier alpha value is -1.30. The van der Waals surface area contributed by atoms with Gasteiger partial charge in [-0.05, 0) is 23.6 Å². The van der Waals surface area contributed by atoms with Crippen LogP contribution in [0.2, 0.25) is 0 Å². The number of benzene rings is 1. The summed E-state index contributed by atoms with van der Waals surface area (Å²) >= 11 is 0. The summed E-state index contributed by atoms with van der Waals surface area (Å²) < 4.78 is 0. The molecule has 1 N–H and O–H groups in total. The maximum Gasteiger partial charge on any atom is 0.0606 e. The molecule has 0 bridgehead atoms. The van der Waals surface area contributed by atoms with Crippen molar-refractivity contribution in [3.8, 4) is 11.8 Å². The molecule has 1 aliphatic heterocycles. The highest BCUT2D eigenvalue weighted by atomic mass is 15.2. The molecule has 0 spiro atoms. The van der Waals surface area contributed by atoms with Crippen LogP contribution in [0.1, 0.15) is 30.9 Å². The lowest BCUT2D eigenvalue weighted by atomic mass is 10.0. The Morgan fingerprint density at radius 1 is 1.17 bits per heavy atom. The van der Waals surface area contributed by atoms with Gasteiger partial charge < -0.3 is 5.32 Å². The smallest absolute Gasteiger partial charge is 0.0606 e. The van der Waals surface area contributed by atoms with E-state index >= 15 is 0 Å². The highest BCUT2D eigenvalue weighted by Gasteiger charge is 2.06. The molecule has 1 aromatic rings. The Labute approximate surface area is 110 Å². The predicted molar refractivity (Wildman–Crippen MR) is 76.7 cm³/mol. The Morgan fingerprint density at radius 2 is 1.83 bits per heavy atom. The van der Waals surface area contributed by atoms with Crippen molar-refractivity contribution in [1.29, 1.82) is 0 Å². The van der Waals surface area contributed by atoms with Gasteiger partial charge in [0.05, 0.1) is 6.54 Å². The largest absolute Gasteiger partial charge is 0.314 e. The summed E-state index contributed by atoms with van der Waals surface area (Å²) in [7, 11) is 0. The van der Waals surface area contributed by atoms with Crippen LogP contribution < -0.4 is 5.32 Å². The Balaban J connectivity index is 1.88. The zero-order chi connectivity index (χ0) is 12.8. The summed E-state index contributed by atoms with van der Waals surface area (Å²) in [6.45, 7) is 9.71. The lowest BCUT2D eigenvalue weighted by Gasteiger charge is -2.24. The molecular formula is C16H22N2. The SMILES string of the molecule is CC(C)c1ccc(C#CCN2CCNCC2)cc1. The third-order valence-electron chi connectivity index (χ3n) is 3.32. The van der Waals surface area contributed by atoms with E-state index in [0.29, 0.717) is 5.92 Å². The summed E-state index contributed by atoms with van der Waals surface area (Å²) in [5, 5.41) is 3.35. The minimum Gasteiger partial charge on any atom is -0.314 e. The molecule has 2 nitrogen and oxygen atoms in total. The van der Waals surface area contributed by atoms with Crippen LogP contribution in [-0.4, -0.2) is 37.6 Å². The van der Waals surface area contributed by atoms with Crippen LogP contribution in [0.4, 0.5) is 0 Å². The van der Waals surface area contributed by atoms with E-state index in [0.717, 1.165) is 38.3 Å². The maximum absolute atomic E-state index is 3.35. The fraction of sp³-hybridized carbons (Fsp3) is 0.500. The first-order valence-electron chi connectivity index (χ1n) is 6.77. The van der Waals surface area contributed by atoms with Crippen molar-refractivity contribution >= 4 is 0 Å². The number of nitrogens with one attached hydrogen (secondary N) is 1. The van der Waals surface area contributed by atoms with Crippen LogP contribution in [-0.2, 0) is 0 Å². The van der Waals surface area contributed by atoms with Crippen molar-refractivity contribution in [2.45, 2.75) is 19.8 Å². The quantitative estimate of drug-likeness (QED) is 0.799. The molecule has 2 heteroatoms. The second kappa shape index (κ2) is 6.58. The fourth-order valence-corrected chi connectivity index (χ4v) is 2.07. The van der Waals surface area contributed by atoms with Crippen molar-refractivity contribution in [3.63, 3.8) is 0 Å². The average Bonchev–Trinajstić information content (AvgIpc) is 2.40. The summed E-state index contributed by atoms with van der Waals surface area (Å²) in [5.74, 6) is 7.10. The molecule has 0 unspecified atom stereocenters. The molecule has 0 amide bonds. The number of hydrogen-bond donors (Lipinski definition) is 1. The predicted octanol–water partition coefficient (Wildman–Crippen LogP) is 2.07. The van der Waals surface area contributed by atoms with Gasteiger partial charge in [0.15, 0.2) is 0 Å². The van der Waals surface area contributed by atoms with Gasteiger partial charge in [0.2, 0.25) is 0 Å². The highest BCUT2D eigenvalue weighted by molar-refractivity contribution is 5.37. The van der Waals surface area contributed by atoms with Gasteiger partial charge in [0.1, 0.15) is 0 Å². The molecule has 0 radical (unpaired) electrons. The van der Waals surface area contributed by atoms with Crippen LogP contribution in [0.15, 0.2) is 24.3 Å². The number of rotatable bonds is 2. The molecule has 18 heavy (non-hydrogen) atoms. The minimum atomic E-state index is 0.591. The van der Waals surface area contributed by atoms with Crippen molar-refractivity contribution in [2.24, 2.45) is 0 Å². The van der Waals surface area contributed by atoms with Gasteiger partial charge in [-0.1, -0.05) is 37.8 Å². The van der Waals surface area contributed by atoms with Crippen molar-refractivity contribution in [1.82, 2.24) is 10.2 Å². The molecule has 0 aliphatic carbocycles. The van der Waals surface area contributed by atoms with Crippen molar-refractivity contribution in [3.05, 3.63) is 35.4 Å². The maximum atomic E-state index is 3.35. The molecule has 2 rings (SSSR count). The topological polar surface area (TPSA) is 15.3 Å². The number of piperazine rings is 1. The normalized spacial score (nSPS) is 16.4. The minimum absolute atomic E-state index is 0.591. The monoisotopic (exact) mass is 242 g/mol. The molecule has 1 fully saturated rings. The molecule has 0 saturated carbocycles. The van der Waals surface area contributed by atoms with E-state index in [9.17, 15) is 0 Å². The van der Waals surface area contributed by atoms with Crippen LogP contribution in [0.3, 0.4) is 0 Å². The third kappa shape index (κ3) is 3.87. The zero-order valence-electron chi connectivity index (χ0n) is 11.4. The van der Waals surface area contributed by atoms with Gasteiger partial charge in [-0.3, -0.25) is 4.90 Å². The number of nitrogens with zero attached hydrogens (tertiary/aromatic N) is 1. The van der Waals surface area contributed by atoms with E-state index in [1.807, 2.05) is 0 Å². The number of hydrogen-bond acceptors (Lipinski definition) is 2. The lowest BCUT2D eigenvalue weighted by molar-refractivity contribution is 0.268. The van der Waals surface area contributed by atoms with E-state index in [1.54, 1.807) is 0 Å². The standard InChI is InChI=1S/C16H22N2/c1-14(2)16-7-5-15(6-8-16)4-3-11-18-12-9-17-10-13-18/h5-8,14,17H,9-13H2,1-2H3. The Kier molecular flexibility index (Phi) is 4.81. The Bertz CT molecular complexity index is 417. The van der Waals surface area contributed by atoms with E-state index < -0.39 is 0 Å². The third-order valence-corrected chi connectivity index (χ3v) is 3.32. The first-order chi connectivity index (χ1) is 8.75. The molecule has 1 saturated heterocycles. The van der Waals surface area contributed by atoms with Crippen LogP contribution in [0, 0.1) is 11.8 Å². The van der Waals surface area contributed by atoms with Crippen LogP contribution in [0.5, 0.6) is 0 Å². The Morgan fingerprint density at radius 3 is 2.44 bits per heavy atom. The van der Waals surface area contributed by atoms with Crippen molar-refractivity contribution in [2.75, 3.05) is 32.7 Å². The second-order valence-electron chi connectivity index (χ2n) is 5.10. The first kappa shape index (κ1) is 13.1. The van der Waals surface area contributed by atoms with Gasteiger partial charge in [-0.25, -0.2) is 0 Å². The van der Waals surface area contributed by atoms with Gasteiger partial charge in [-0.15, -0.1) is 0 Å². The molecule has 0 atom stereocenters. The van der Waals surface area contributed by atoms with Crippen LogP contribution in [0.25, 0.3) is 0 Å². The second-order valence-corrected chi connectivity index (χ2v) is 5.10. The molecule has 0 aromatic heterocycles. The highest BCUT2D eigenvalue weighted by Crippen LogP contribution is 2.14. The fourth-order valence-electron chi connectivity index (χ4n) is 2.07. The van der Waals surface area contributed by atoms with Crippen molar-refractivity contribution < 1.29 is 0 Å². The van der Waals surface area contributed by atoms with E-state index in [-0.39, 0.29) is 0 Å².